The molecule has 0 saturated carbocycles. The number of aryl methyl sites for hydroxylation is 1. The van der Waals surface area contributed by atoms with Crippen LogP contribution in [0.25, 0.3) is 0 Å². The van der Waals surface area contributed by atoms with E-state index < -0.39 is 0 Å². The van der Waals surface area contributed by atoms with E-state index in [1.54, 1.807) is 13.0 Å². The maximum Gasteiger partial charge on any atom is 0.221 e. The number of nitrogens with two attached hydrogens (primary N) is 2. The molecule has 1 unspecified atom stereocenters. The fourth-order valence-electron chi connectivity index (χ4n) is 0.911. The summed E-state index contributed by atoms with van der Waals surface area (Å²) in [7, 11) is 0. The number of nitrogens with zero attached hydrogens (tertiary/aromatic N) is 2. The molecule has 1 atom stereocenters. The van der Waals surface area contributed by atoms with Gasteiger partial charge in [0.15, 0.2) is 5.16 Å². The number of thioether (sulfide) groups is 1. The Bertz CT molecular complexity index is 349. The molecule has 0 aliphatic carbocycles. The molecule has 1 aromatic rings. The minimum absolute atomic E-state index is 0.194. The monoisotopic (exact) mass is 226 g/mol. The lowest BCUT2D eigenvalue weighted by atomic mass is 10.2. The molecule has 4 N–H and O–H groups in total. The van der Waals surface area contributed by atoms with Crippen molar-refractivity contribution in [2.45, 2.75) is 19.0 Å². The van der Waals surface area contributed by atoms with Gasteiger partial charge in [-0.1, -0.05) is 18.7 Å². The highest BCUT2D eigenvalue weighted by atomic mass is 32.2. The Kier molecular flexibility index (Phi) is 3.90. The zero-order valence-corrected chi connectivity index (χ0v) is 9.54. The maximum absolute atomic E-state index is 10.8. The molecule has 0 radical (unpaired) electrons. The number of aromatic nitrogens is 2. The summed E-state index contributed by atoms with van der Waals surface area (Å²) >= 11 is 1.38. The van der Waals surface area contributed by atoms with Crippen molar-refractivity contribution >= 4 is 23.5 Å². The number of hydrogen-bond acceptors (Lipinski definition) is 5. The van der Waals surface area contributed by atoms with Crippen molar-refractivity contribution < 1.29 is 4.79 Å². The summed E-state index contributed by atoms with van der Waals surface area (Å²) in [4.78, 5) is 19.0. The fourth-order valence-corrected chi connectivity index (χ4v) is 1.85. The van der Waals surface area contributed by atoms with E-state index in [1.165, 1.54) is 11.8 Å². The van der Waals surface area contributed by atoms with E-state index in [1.807, 2.05) is 6.92 Å². The van der Waals surface area contributed by atoms with E-state index in [2.05, 4.69) is 9.97 Å². The van der Waals surface area contributed by atoms with E-state index in [-0.39, 0.29) is 11.8 Å². The van der Waals surface area contributed by atoms with Crippen LogP contribution < -0.4 is 11.5 Å². The number of nitrogen functional groups attached to an aromatic ring is 1. The van der Waals surface area contributed by atoms with Crippen molar-refractivity contribution in [3.8, 4) is 0 Å². The largest absolute Gasteiger partial charge is 0.384 e. The summed E-state index contributed by atoms with van der Waals surface area (Å²) in [5, 5.41) is 0.584. The highest BCUT2D eigenvalue weighted by Gasteiger charge is 2.10. The van der Waals surface area contributed by atoms with Gasteiger partial charge in [0, 0.05) is 23.4 Å². The molecule has 6 heteroatoms. The summed E-state index contributed by atoms with van der Waals surface area (Å²) in [6.45, 7) is 3.62. The Hall–Kier alpha value is -1.30. The molecular weight excluding hydrogens is 212 g/mol. The fraction of sp³-hybridized carbons (Fsp3) is 0.444. The summed E-state index contributed by atoms with van der Waals surface area (Å²) < 4.78 is 0. The molecule has 5 nitrogen and oxygen atoms in total. The van der Waals surface area contributed by atoms with Gasteiger partial charge in [0.1, 0.15) is 5.82 Å². The lowest BCUT2D eigenvalue weighted by molar-refractivity contribution is -0.120. The highest BCUT2D eigenvalue weighted by molar-refractivity contribution is 7.99. The highest BCUT2D eigenvalue weighted by Crippen LogP contribution is 2.17. The molecule has 0 aromatic carbocycles. The topological polar surface area (TPSA) is 94.9 Å². The first-order valence-corrected chi connectivity index (χ1v) is 5.51. The Balaban J connectivity index is 2.61. The van der Waals surface area contributed by atoms with E-state index in [0.29, 0.717) is 16.7 Å². The molecule has 1 rings (SSSR count). The van der Waals surface area contributed by atoms with Gasteiger partial charge in [-0.25, -0.2) is 9.97 Å². The second-order valence-corrected chi connectivity index (χ2v) is 4.32. The SMILES string of the molecule is Cc1cc(N)nc(SCC(C)C(N)=O)n1. The van der Waals surface area contributed by atoms with Crippen LogP contribution in [0.5, 0.6) is 0 Å². The molecule has 0 fully saturated rings. The van der Waals surface area contributed by atoms with Gasteiger partial charge in [-0.3, -0.25) is 4.79 Å². The molecule has 1 aromatic heterocycles. The maximum atomic E-state index is 10.8. The van der Waals surface area contributed by atoms with E-state index >= 15 is 0 Å². The van der Waals surface area contributed by atoms with Crippen LogP contribution in [0.1, 0.15) is 12.6 Å². The van der Waals surface area contributed by atoms with Crippen molar-refractivity contribution in [1.82, 2.24) is 9.97 Å². The zero-order valence-electron chi connectivity index (χ0n) is 8.73. The van der Waals surface area contributed by atoms with Crippen LogP contribution in [0, 0.1) is 12.8 Å². The molecule has 0 saturated heterocycles. The summed E-state index contributed by atoms with van der Waals surface area (Å²) in [5.41, 5.74) is 11.5. The van der Waals surface area contributed by atoms with Crippen molar-refractivity contribution in [3.63, 3.8) is 0 Å². The second-order valence-electron chi connectivity index (χ2n) is 3.33. The van der Waals surface area contributed by atoms with E-state index in [9.17, 15) is 4.79 Å². The predicted octanol–water partition coefficient (Wildman–Crippen LogP) is 0.581. The Labute approximate surface area is 92.7 Å². The Morgan fingerprint density at radius 2 is 2.27 bits per heavy atom. The smallest absolute Gasteiger partial charge is 0.221 e. The molecular formula is C9H14N4OS. The van der Waals surface area contributed by atoms with Gasteiger partial charge >= 0.3 is 0 Å². The van der Waals surface area contributed by atoms with Crippen LogP contribution in [0.3, 0.4) is 0 Å². The molecule has 0 aliphatic heterocycles. The average molecular weight is 226 g/mol. The number of anilines is 1. The van der Waals surface area contributed by atoms with E-state index in [0.717, 1.165) is 5.69 Å². The van der Waals surface area contributed by atoms with Crippen LogP contribution in [0.15, 0.2) is 11.2 Å². The van der Waals surface area contributed by atoms with Gasteiger partial charge in [0.25, 0.3) is 0 Å². The molecule has 0 spiro atoms. The molecule has 15 heavy (non-hydrogen) atoms. The Morgan fingerprint density at radius 3 is 2.80 bits per heavy atom. The first-order chi connectivity index (χ1) is 6.99. The lowest BCUT2D eigenvalue weighted by Gasteiger charge is -2.06. The predicted molar refractivity (Wildman–Crippen MR) is 60.3 cm³/mol. The third-order valence-corrected chi connectivity index (χ3v) is 2.91. The normalized spacial score (nSPS) is 12.4. The van der Waals surface area contributed by atoms with E-state index in [4.69, 9.17) is 11.5 Å². The number of rotatable bonds is 4. The third-order valence-electron chi connectivity index (χ3n) is 1.80. The van der Waals surface area contributed by atoms with Gasteiger partial charge in [-0.05, 0) is 6.92 Å². The molecule has 1 heterocycles. The number of carbonyl (C=O) groups excluding carboxylic acids is 1. The average Bonchev–Trinajstić information content (AvgIpc) is 2.12. The van der Waals surface area contributed by atoms with Crippen molar-refractivity contribution in [3.05, 3.63) is 11.8 Å². The molecule has 0 aliphatic rings. The summed E-state index contributed by atoms with van der Waals surface area (Å²) in [6.07, 6.45) is 0. The van der Waals surface area contributed by atoms with Crippen molar-refractivity contribution in [2.75, 3.05) is 11.5 Å². The first kappa shape index (κ1) is 11.8. The van der Waals surface area contributed by atoms with Gasteiger partial charge in [-0.15, -0.1) is 0 Å². The minimum atomic E-state index is -0.317. The number of carbonyl (C=O) groups is 1. The van der Waals surface area contributed by atoms with Crippen LogP contribution in [0.4, 0.5) is 5.82 Å². The minimum Gasteiger partial charge on any atom is -0.384 e. The second kappa shape index (κ2) is 4.97. The standard InChI is InChI=1S/C9H14N4OS/c1-5(8(11)14)4-15-9-12-6(2)3-7(10)13-9/h3,5H,4H2,1-2H3,(H2,11,14)(H2,10,12,13). The van der Waals surface area contributed by atoms with Gasteiger partial charge in [-0.2, -0.15) is 0 Å². The lowest BCUT2D eigenvalue weighted by Crippen LogP contribution is -2.22. The summed E-state index contributed by atoms with van der Waals surface area (Å²) in [5.74, 6) is 0.498. The first-order valence-electron chi connectivity index (χ1n) is 4.52. The quantitative estimate of drug-likeness (QED) is 0.578. The number of amides is 1. The number of primary amides is 1. The van der Waals surface area contributed by atoms with Gasteiger partial charge < -0.3 is 11.5 Å². The zero-order chi connectivity index (χ0) is 11.4. The Morgan fingerprint density at radius 1 is 1.60 bits per heavy atom. The molecule has 1 amide bonds. The molecule has 0 bridgehead atoms. The van der Waals surface area contributed by atoms with Crippen LogP contribution >= 0.6 is 11.8 Å². The van der Waals surface area contributed by atoms with Crippen LogP contribution in [-0.2, 0) is 4.79 Å². The summed E-state index contributed by atoms with van der Waals surface area (Å²) in [6, 6.07) is 1.70. The van der Waals surface area contributed by atoms with Crippen LogP contribution in [-0.4, -0.2) is 21.6 Å². The van der Waals surface area contributed by atoms with Gasteiger partial charge in [0.05, 0.1) is 0 Å². The third kappa shape index (κ3) is 3.75. The number of hydrogen-bond donors (Lipinski definition) is 2. The van der Waals surface area contributed by atoms with Gasteiger partial charge in [0.2, 0.25) is 5.91 Å². The molecule has 82 valence electrons. The van der Waals surface area contributed by atoms with Crippen molar-refractivity contribution in [2.24, 2.45) is 11.7 Å². The van der Waals surface area contributed by atoms with Crippen molar-refractivity contribution in [1.29, 1.82) is 0 Å². The van der Waals surface area contributed by atoms with Crippen LogP contribution in [0.2, 0.25) is 0 Å².